The number of nitrogens with zero attached hydrogens (tertiary/aromatic N) is 3. The van der Waals surface area contributed by atoms with Crippen LogP contribution in [0.25, 0.3) is 10.6 Å². The van der Waals surface area contributed by atoms with Gasteiger partial charge in [-0.1, -0.05) is 24.3 Å². The van der Waals surface area contributed by atoms with Crippen molar-refractivity contribution in [1.29, 1.82) is 0 Å². The summed E-state index contributed by atoms with van der Waals surface area (Å²) in [6, 6.07) is 16.4. The predicted molar refractivity (Wildman–Crippen MR) is 125 cm³/mol. The molecule has 1 amide bonds. The van der Waals surface area contributed by atoms with Crippen LogP contribution in [0.5, 0.6) is 0 Å². The summed E-state index contributed by atoms with van der Waals surface area (Å²) in [6.45, 7) is 4.51. The van der Waals surface area contributed by atoms with E-state index in [1.165, 1.54) is 0 Å². The molecule has 0 saturated heterocycles. The molecule has 0 fully saturated rings. The van der Waals surface area contributed by atoms with Gasteiger partial charge in [0.1, 0.15) is 0 Å². The molecule has 0 unspecified atom stereocenters. The van der Waals surface area contributed by atoms with Gasteiger partial charge in [0.05, 0.1) is 32.6 Å². The first kappa shape index (κ1) is 20.5. The summed E-state index contributed by atoms with van der Waals surface area (Å²) in [6.07, 6.45) is 1.74. The van der Waals surface area contributed by atoms with Crippen molar-refractivity contribution in [3.8, 4) is 10.6 Å². The molecule has 0 bridgehead atoms. The Morgan fingerprint density at radius 2 is 1.81 bits per heavy atom. The molecule has 0 atom stereocenters. The van der Waals surface area contributed by atoms with Gasteiger partial charge in [0.15, 0.2) is 0 Å². The molecule has 8 heteroatoms. The third-order valence-electron chi connectivity index (χ3n) is 4.67. The summed E-state index contributed by atoms with van der Waals surface area (Å²) in [7, 11) is 0. The van der Waals surface area contributed by atoms with Crippen molar-refractivity contribution in [3.63, 3.8) is 0 Å². The first-order valence-electron chi connectivity index (χ1n) is 9.76. The summed E-state index contributed by atoms with van der Waals surface area (Å²) in [4.78, 5) is 26.9. The molecule has 2 aromatic heterocycles. The van der Waals surface area contributed by atoms with E-state index in [0.29, 0.717) is 29.4 Å². The number of thiazole rings is 1. The smallest absolute Gasteiger partial charge is 0.255 e. The van der Waals surface area contributed by atoms with Crippen LogP contribution in [0.1, 0.15) is 26.6 Å². The standard InChI is InChI=1S/C23H22N6OS/c1-14-21(31-15(2)27-14)20-11-12-25-23(29-20)26-13-16-7-9-17(10-8-16)22(30)28-19-6-4-3-5-18(19)24/h3-12H,13,24H2,1-2H3,(H,28,30)(H,25,26,29). The van der Waals surface area contributed by atoms with E-state index >= 15 is 0 Å². The number of aryl methyl sites for hydroxylation is 2. The number of nitrogens with one attached hydrogen (secondary N) is 2. The van der Waals surface area contributed by atoms with Crippen molar-refractivity contribution in [2.45, 2.75) is 20.4 Å². The molecule has 4 aromatic rings. The van der Waals surface area contributed by atoms with E-state index < -0.39 is 0 Å². The molecule has 4 rings (SSSR count). The number of rotatable bonds is 6. The number of nitrogens with two attached hydrogens (primary N) is 1. The van der Waals surface area contributed by atoms with Crippen molar-refractivity contribution in [2.75, 3.05) is 16.4 Å². The lowest BCUT2D eigenvalue weighted by Crippen LogP contribution is -2.13. The van der Waals surface area contributed by atoms with Gasteiger partial charge in [-0.15, -0.1) is 11.3 Å². The van der Waals surface area contributed by atoms with Crippen LogP contribution in [0.2, 0.25) is 0 Å². The molecule has 7 nitrogen and oxygen atoms in total. The van der Waals surface area contributed by atoms with Crippen LogP contribution in [0, 0.1) is 13.8 Å². The van der Waals surface area contributed by atoms with Gasteiger partial charge in [-0.05, 0) is 49.7 Å². The van der Waals surface area contributed by atoms with Gasteiger partial charge in [-0.2, -0.15) is 0 Å². The predicted octanol–water partition coefficient (Wildman–Crippen LogP) is 4.66. The molecular formula is C23H22N6OS. The fourth-order valence-corrected chi connectivity index (χ4v) is 3.99. The van der Waals surface area contributed by atoms with Crippen molar-refractivity contribution in [2.24, 2.45) is 0 Å². The minimum atomic E-state index is -0.205. The van der Waals surface area contributed by atoms with E-state index in [0.717, 1.165) is 26.8 Å². The lowest BCUT2D eigenvalue weighted by atomic mass is 10.1. The molecular weight excluding hydrogens is 408 g/mol. The highest BCUT2D eigenvalue weighted by molar-refractivity contribution is 7.15. The number of benzene rings is 2. The molecule has 0 spiro atoms. The van der Waals surface area contributed by atoms with E-state index in [1.807, 2.05) is 44.2 Å². The quantitative estimate of drug-likeness (QED) is 0.384. The summed E-state index contributed by atoms with van der Waals surface area (Å²) in [5.41, 5.74) is 10.4. The average Bonchev–Trinajstić information content (AvgIpc) is 3.12. The third-order valence-corrected chi connectivity index (χ3v) is 5.76. The lowest BCUT2D eigenvalue weighted by molar-refractivity contribution is 0.102. The highest BCUT2D eigenvalue weighted by atomic mass is 32.1. The Kier molecular flexibility index (Phi) is 5.90. The fourth-order valence-electron chi connectivity index (χ4n) is 3.10. The number of amides is 1. The fraction of sp³-hybridized carbons (Fsp3) is 0.130. The van der Waals surface area contributed by atoms with Crippen molar-refractivity contribution in [1.82, 2.24) is 15.0 Å². The first-order chi connectivity index (χ1) is 15.0. The van der Waals surface area contributed by atoms with E-state index in [1.54, 1.807) is 41.8 Å². The first-order valence-corrected chi connectivity index (χ1v) is 10.6. The minimum absolute atomic E-state index is 0.205. The maximum atomic E-state index is 12.5. The largest absolute Gasteiger partial charge is 0.397 e. The molecule has 2 heterocycles. The van der Waals surface area contributed by atoms with Gasteiger partial charge in [0.25, 0.3) is 5.91 Å². The van der Waals surface area contributed by atoms with Gasteiger partial charge in [-0.25, -0.2) is 15.0 Å². The average molecular weight is 431 g/mol. The number of carbonyl (C=O) groups excluding carboxylic acids is 1. The zero-order valence-corrected chi connectivity index (χ0v) is 18.0. The van der Waals surface area contributed by atoms with Gasteiger partial charge in [-0.3, -0.25) is 4.79 Å². The Morgan fingerprint density at radius 3 is 2.52 bits per heavy atom. The van der Waals surface area contributed by atoms with Gasteiger partial charge < -0.3 is 16.4 Å². The van der Waals surface area contributed by atoms with Crippen LogP contribution >= 0.6 is 11.3 Å². The molecule has 4 N–H and O–H groups in total. The SMILES string of the molecule is Cc1nc(C)c(-c2ccnc(NCc3ccc(C(=O)Nc4ccccc4N)cc3)n2)s1. The molecule has 0 aliphatic heterocycles. The lowest BCUT2D eigenvalue weighted by Gasteiger charge is -2.09. The minimum Gasteiger partial charge on any atom is -0.397 e. The van der Waals surface area contributed by atoms with Crippen LogP contribution in [0.15, 0.2) is 60.8 Å². The Morgan fingerprint density at radius 1 is 1.03 bits per heavy atom. The number of para-hydroxylation sites is 2. The van der Waals surface area contributed by atoms with E-state index in [9.17, 15) is 4.79 Å². The van der Waals surface area contributed by atoms with Gasteiger partial charge in [0, 0.05) is 18.3 Å². The topological polar surface area (TPSA) is 106 Å². The number of hydrogen-bond acceptors (Lipinski definition) is 7. The Bertz CT molecular complexity index is 1220. The van der Waals surface area contributed by atoms with E-state index in [-0.39, 0.29) is 5.91 Å². The maximum absolute atomic E-state index is 12.5. The number of nitrogen functional groups attached to an aromatic ring is 1. The zero-order valence-electron chi connectivity index (χ0n) is 17.2. The molecule has 0 aliphatic carbocycles. The molecule has 31 heavy (non-hydrogen) atoms. The van der Waals surface area contributed by atoms with Crippen molar-refractivity contribution >= 4 is 34.6 Å². The zero-order chi connectivity index (χ0) is 21.8. The molecule has 0 aliphatic rings. The highest BCUT2D eigenvalue weighted by Gasteiger charge is 2.11. The summed E-state index contributed by atoms with van der Waals surface area (Å²) < 4.78 is 0. The van der Waals surface area contributed by atoms with Crippen LogP contribution < -0.4 is 16.4 Å². The number of anilines is 3. The highest BCUT2D eigenvalue weighted by Crippen LogP contribution is 2.28. The van der Waals surface area contributed by atoms with Gasteiger partial charge >= 0.3 is 0 Å². The van der Waals surface area contributed by atoms with Crippen LogP contribution in [0.3, 0.4) is 0 Å². The molecule has 156 valence electrons. The second kappa shape index (κ2) is 8.93. The molecule has 0 saturated carbocycles. The van der Waals surface area contributed by atoms with Crippen LogP contribution in [-0.4, -0.2) is 20.9 Å². The third kappa shape index (κ3) is 4.87. The van der Waals surface area contributed by atoms with E-state index in [2.05, 4.69) is 25.6 Å². The van der Waals surface area contributed by atoms with Gasteiger partial charge in [0.2, 0.25) is 5.95 Å². The van der Waals surface area contributed by atoms with Crippen molar-refractivity contribution < 1.29 is 4.79 Å². The van der Waals surface area contributed by atoms with E-state index in [4.69, 9.17) is 5.73 Å². The Hall–Kier alpha value is -3.78. The Labute approximate surface area is 184 Å². The normalized spacial score (nSPS) is 10.6. The second-order valence-corrected chi connectivity index (χ2v) is 8.21. The van der Waals surface area contributed by atoms with Crippen LogP contribution in [0.4, 0.5) is 17.3 Å². The number of carbonyl (C=O) groups is 1. The van der Waals surface area contributed by atoms with Crippen LogP contribution in [-0.2, 0) is 6.54 Å². The number of aromatic nitrogens is 3. The summed E-state index contributed by atoms with van der Waals surface area (Å²) in [5.74, 6) is 0.341. The molecule has 0 radical (unpaired) electrons. The number of hydrogen-bond donors (Lipinski definition) is 3. The second-order valence-electron chi connectivity index (χ2n) is 7.00. The summed E-state index contributed by atoms with van der Waals surface area (Å²) in [5, 5.41) is 7.08. The molecule has 2 aromatic carbocycles. The maximum Gasteiger partial charge on any atom is 0.255 e. The Balaban J connectivity index is 1.40. The monoisotopic (exact) mass is 430 g/mol. The summed E-state index contributed by atoms with van der Waals surface area (Å²) >= 11 is 1.62. The van der Waals surface area contributed by atoms with Crippen molar-refractivity contribution in [3.05, 3.63) is 82.6 Å².